The third-order valence-electron chi connectivity index (χ3n) is 5.60. The van der Waals surface area contributed by atoms with E-state index in [2.05, 4.69) is 22.1 Å². The van der Waals surface area contributed by atoms with Gasteiger partial charge in [0.25, 0.3) is 0 Å². The number of carbonyl (C=O) groups excluding carboxylic acids is 1. The second-order valence-electron chi connectivity index (χ2n) is 9.23. The van der Waals surface area contributed by atoms with E-state index in [4.69, 9.17) is 9.47 Å². The van der Waals surface area contributed by atoms with Gasteiger partial charge in [-0.05, 0) is 78.3 Å². The van der Waals surface area contributed by atoms with Gasteiger partial charge in [0.2, 0.25) is 0 Å². The Kier molecular flexibility index (Phi) is 7.34. The van der Waals surface area contributed by atoms with Gasteiger partial charge in [0.15, 0.2) is 5.13 Å². The minimum atomic E-state index is -0.515. The molecule has 1 aliphatic carbocycles. The molecule has 7 heteroatoms. The van der Waals surface area contributed by atoms with Crippen molar-refractivity contribution in [2.75, 3.05) is 18.4 Å². The van der Waals surface area contributed by atoms with Crippen LogP contribution in [-0.2, 0) is 16.1 Å². The number of anilines is 1. The molecule has 6 nitrogen and oxygen atoms in total. The van der Waals surface area contributed by atoms with E-state index in [1.54, 1.807) is 0 Å². The summed E-state index contributed by atoms with van der Waals surface area (Å²) >= 11 is 1.40. The first-order valence-corrected chi connectivity index (χ1v) is 11.5. The number of ether oxygens (including phenoxy) is 2. The minimum Gasteiger partial charge on any atom is -0.444 e. The topological polar surface area (TPSA) is 63.7 Å². The zero-order chi connectivity index (χ0) is 20.1. The lowest BCUT2D eigenvalue weighted by Crippen LogP contribution is -2.43. The van der Waals surface area contributed by atoms with Gasteiger partial charge in [0.05, 0.1) is 18.4 Å². The Morgan fingerprint density at radius 2 is 1.89 bits per heavy atom. The minimum absolute atomic E-state index is 0.323. The predicted octanol–water partition coefficient (Wildman–Crippen LogP) is 5.05. The summed E-state index contributed by atoms with van der Waals surface area (Å²) in [7, 11) is 0. The lowest BCUT2D eigenvalue weighted by molar-refractivity contribution is -0.00757. The maximum atomic E-state index is 11.8. The van der Waals surface area contributed by atoms with Crippen molar-refractivity contribution >= 4 is 22.6 Å². The molecule has 3 rings (SSSR count). The van der Waals surface area contributed by atoms with Crippen LogP contribution in [0.25, 0.3) is 0 Å². The van der Waals surface area contributed by atoms with E-state index in [1.807, 2.05) is 26.2 Å². The molecule has 2 aliphatic rings. The van der Waals surface area contributed by atoms with Crippen LogP contribution in [0.3, 0.4) is 0 Å². The van der Waals surface area contributed by atoms with Gasteiger partial charge in [-0.2, -0.15) is 0 Å². The van der Waals surface area contributed by atoms with E-state index in [9.17, 15) is 4.79 Å². The molecule has 0 spiro atoms. The van der Waals surface area contributed by atoms with Crippen LogP contribution in [0.4, 0.5) is 9.93 Å². The third kappa shape index (κ3) is 6.71. The van der Waals surface area contributed by atoms with Crippen LogP contribution >= 0.6 is 11.3 Å². The molecule has 0 atom stereocenters. The number of hydrogen-bond donors (Lipinski definition) is 1. The Balaban J connectivity index is 1.36. The molecule has 2 fully saturated rings. The van der Waals surface area contributed by atoms with E-state index in [-0.39, 0.29) is 0 Å². The van der Waals surface area contributed by atoms with Crippen molar-refractivity contribution in [3.63, 3.8) is 0 Å². The first-order valence-electron chi connectivity index (χ1n) is 10.6. The van der Waals surface area contributed by atoms with E-state index in [0.29, 0.717) is 17.8 Å². The van der Waals surface area contributed by atoms with Crippen LogP contribution < -0.4 is 5.32 Å². The van der Waals surface area contributed by atoms with Gasteiger partial charge < -0.3 is 14.4 Å². The summed E-state index contributed by atoms with van der Waals surface area (Å²) < 4.78 is 11.4. The Hall–Kier alpha value is -1.18. The average molecular weight is 410 g/mol. The number of nitrogens with zero attached hydrogens (tertiary/aromatic N) is 2. The highest BCUT2D eigenvalue weighted by Crippen LogP contribution is 2.29. The van der Waals surface area contributed by atoms with E-state index in [0.717, 1.165) is 30.5 Å². The first kappa shape index (κ1) is 21.5. The molecule has 1 aromatic rings. The SMILES string of the molecule is CC1CCN([C@H]2CC[C@H](OCc3csc(NC(=O)OC(C)(C)C)n3)CC2)CC1. The second kappa shape index (κ2) is 9.55. The first-order chi connectivity index (χ1) is 13.3. The summed E-state index contributed by atoms with van der Waals surface area (Å²) in [6, 6.07) is 0.747. The summed E-state index contributed by atoms with van der Waals surface area (Å²) in [6.45, 7) is 10.9. The molecule has 0 bridgehead atoms. The Labute approximate surface area is 173 Å². The fourth-order valence-electron chi connectivity index (χ4n) is 4.00. The molecule has 1 saturated heterocycles. The molecule has 28 heavy (non-hydrogen) atoms. The molecular formula is C21H35N3O3S. The van der Waals surface area contributed by atoms with E-state index < -0.39 is 11.7 Å². The van der Waals surface area contributed by atoms with Crippen molar-refractivity contribution in [1.29, 1.82) is 0 Å². The monoisotopic (exact) mass is 409 g/mol. The van der Waals surface area contributed by atoms with Crippen molar-refractivity contribution in [2.24, 2.45) is 5.92 Å². The maximum Gasteiger partial charge on any atom is 0.413 e. The highest BCUT2D eigenvalue weighted by molar-refractivity contribution is 7.13. The molecule has 0 aromatic carbocycles. The normalized spacial score (nSPS) is 24.9. The van der Waals surface area contributed by atoms with Crippen LogP contribution in [0.5, 0.6) is 0 Å². The lowest BCUT2D eigenvalue weighted by Gasteiger charge is -2.40. The lowest BCUT2D eigenvalue weighted by atomic mass is 9.89. The highest BCUT2D eigenvalue weighted by Gasteiger charge is 2.28. The van der Waals surface area contributed by atoms with Crippen LogP contribution in [0.1, 0.15) is 71.9 Å². The molecule has 0 unspecified atom stereocenters. The molecule has 1 amide bonds. The van der Waals surface area contributed by atoms with Gasteiger partial charge >= 0.3 is 6.09 Å². The number of aromatic nitrogens is 1. The Morgan fingerprint density at radius 1 is 1.21 bits per heavy atom. The maximum absolute atomic E-state index is 11.8. The molecule has 1 aliphatic heterocycles. The van der Waals surface area contributed by atoms with Gasteiger partial charge in [-0.15, -0.1) is 11.3 Å². The zero-order valence-electron chi connectivity index (χ0n) is 17.7. The molecule has 1 aromatic heterocycles. The number of thiazole rings is 1. The largest absolute Gasteiger partial charge is 0.444 e. The molecule has 0 radical (unpaired) electrons. The van der Waals surface area contributed by atoms with Gasteiger partial charge in [-0.1, -0.05) is 6.92 Å². The molecule has 1 N–H and O–H groups in total. The van der Waals surface area contributed by atoms with Crippen LogP contribution in [0.2, 0.25) is 0 Å². The quantitative estimate of drug-likeness (QED) is 0.737. The van der Waals surface area contributed by atoms with Gasteiger partial charge in [-0.3, -0.25) is 5.32 Å². The number of amides is 1. The number of likely N-dealkylation sites (tertiary alicyclic amines) is 1. The van der Waals surface area contributed by atoms with Crippen LogP contribution in [0.15, 0.2) is 5.38 Å². The van der Waals surface area contributed by atoms with Gasteiger partial charge in [0, 0.05) is 11.4 Å². The molecular weight excluding hydrogens is 374 g/mol. The number of carbonyl (C=O) groups is 1. The standard InChI is InChI=1S/C21H35N3O3S/c1-15-9-11-24(12-10-15)17-5-7-18(8-6-17)26-13-16-14-28-19(22-16)23-20(25)27-21(2,3)4/h14-15,17-18H,5-13H2,1-4H3,(H,22,23,25)/t17-,18-. The van der Waals surface area contributed by atoms with Crippen molar-refractivity contribution in [3.8, 4) is 0 Å². The molecule has 2 heterocycles. The van der Waals surface area contributed by atoms with Crippen LogP contribution in [-0.4, -0.2) is 46.8 Å². The van der Waals surface area contributed by atoms with Gasteiger partial charge in [-0.25, -0.2) is 9.78 Å². The van der Waals surface area contributed by atoms with E-state index >= 15 is 0 Å². The molecule has 158 valence electrons. The van der Waals surface area contributed by atoms with Crippen LogP contribution in [0, 0.1) is 5.92 Å². The Bertz CT molecular complexity index is 627. The summed E-state index contributed by atoms with van der Waals surface area (Å²) in [4.78, 5) is 19.0. The summed E-state index contributed by atoms with van der Waals surface area (Å²) in [5, 5.41) is 5.18. The average Bonchev–Trinajstić information content (AvgIpc) is 3.07. The van der Waals surface area contributed by atoms with Crippen molar-refractivity contribution in [3.05, 3.63) is 11.1 Å². The highest BCUT2D eigenvalue weighted by atomic mass is 32.1. The summed E-state index contributed by atoms with van der Waals surface area (Å²) in [5.41, 5.74) is 0.349. The summed E-state index contributed by atoms with van der Waals surface area (Å²) in [6.07, 6.45) is 7.28. The number of nitrogens with one attached hydrogen (secondary N) is 1. The fraction of sp³-hybridized carbons (Fsp3) is 0.810. The zero-order valence-corrected chi connectivity index (χ0v) is 18.5. The molecule has 1 saturated carbocycles. The second-order valence-corrected chi connectivity index (χ2v) is 10.1. The Morgan fingerprint density at radius 3 is 2.54 bits per heavy atom. The van der Waals surface area contributed by atoms with E-state index in [1.165, 1.54) is 50.1 Å². The third-order valence-corrected chi connectivity index (χ3v) is 6.41. The smallest absolute Gasteiger partial charge is 0.413 e. The van der Waals surface area contributed by atoms with Crippen molar-refractivity contribution in [2.45, 2.75) is 90.6 Å². The fourth-order valence-corrected chi connectivity index (χ4v) is 4.68. The number of hydrogen-bond acceptors (Lipinski definition) is 6. The number of piperidine rings is 1. The van der Waals surface area contributed by atoms with Crippen molar-refractivity contribution < 1.29 is 14.3 Å². The van der Waals surface area contributed by atoms with Gasteiger partial charge in [0.1, 0.15) is 5.60 Å². The number of rotatable bonds is 5. The van der Waals surface area contributed by atoms with Crippen molar-refractivity contribution in [1.82, 2.24) is 9.88 Å². The predicted molar refractivity (Wildman–Crippen MR) is 113 cm³/mol. The summed E-state index contributed by atoms with van der Waals surface area (Å²) in [5.74, 6) is 0.892.